The average molecular weight is 291 g/mol. The van der Waals surface area contributed by atoms with E-state index < -0.39 is 0 Å². The van der Waals surface area contributed by atoms with Crippen molar-refractivity contribution in [1.29, 1.82) is 0 Å². The highest BCUT2D eigenvalue weighted by molar-refractivity contribution is 5.79. The van der Waals surface area contributed by atoms with Gasteiger partial charge in [0.2, 0.25) is 0 Å². The maximum absolute atomic E-state index is 5.75. The predicted molar refractivity (Wildman–Crippen MR) is 87.2 cm³/mol. The van der Waals surface area contributed by atoms with E-state index in [4.69, 9.17) is 9.15 Å². The lowest BCUT2D eigenvalue weighted by atomic mass is 10.2. The van der Waals surface area contributed by atoms with Gasteiger partial charge in [-0.2, -0.15) is 0 Å². The Hall–Kier alpha value is -2.81. The van der Waals surface area contributed by atoms with Crippen molar-refractivity contribution in [1.82, 2.24) is 0 Å². The van der Waals surface area contributed by atoms with Gasteiger partial charge in [-0.15, -0.1) is 0 Å². The van der Waals surface area contributed by atoms with Crippen molar-refractivity contribution in [2.24, 2.45) is 4.99 Å². The Balaban J connectivity index is 1.52. The van der Waals surface area contributed by atoms with Gasteiger partial charge in [0, 0.05) is 6.21 Å². The Labute approximate surface area is 129 Å². The first-order valence-corrected chi connectivity index (χ1v) is 7.19. The van der Waals surface area contributed by atoms with Gasteiger partial charge in [-0.3, -0.25) is 4.99 Å². The topological polar surface area (TPSA) is 34.7 Å². The van der Waals surface area contributed by atoms with Gasteiger partial charge in [0.15, 0.2) is 0 Å². The van der Waals surface area contributed by atoms with Crippen molar-refractivity contribution >= 4 is 6.21 Å². The van der Waals surface area contributed by atoms with Gasteiger partial charge in [0.05, 0.1) is 12.8 Å². The summed E-state index contributed by atoms with van der Waals surface area (Å²) in [6, 6.07) is 21.8. The first kappa shape index (κ1) is 14.1. The fourth-order valence-electron chi connectivity index (χ4n) is 2.03. The number of hydrogen-bond acceptors (Lipinski definition) is 3. The number of nitrogens with zero attached hydrogens (tertiary/aromatic N) is 1. The Bertz CT molecular complexity index is 701. The quantitative estimate of drug-likeness (QED) is 0.628. The monoisotopic (exact) mass is 291 g/mol. The van der Waals surface area contributed by atoms with Gasteiger partial charge in [-0.25, -0.2) is 0 Å². The third-order valence-corrected chi connectivity index (χ3v) is 3.20. The third-order valence-electron chi connectivity index (χ3n) is 3.20. The summed E-state index contributed by atoms with van der Waals surface area (Å²) in [5.74, 6) is 1.71. The fourth-order valence-corrected chi connectivity index (χ4v) is 2.03. The molecule has 3 rings (SSSR count). The number of benzene rings is 2. The molecule has 0 atom stereocenters. The number of rotatable bonds is 6. The van der Waals surface area contributed by atoms with Crippen LogP contribution in [0.4, 0.5) is 0 Å². The molecular weight excluding hydrogens is 274 g/mol. The molecule has 0 N–H and O–H groups in total. The molecule has 3 aromatic rings. The van der Waals surface area contributed by atoms with Crippen molar-refractivity contribution in [2.45, 2.75) is 13.2 Å². The van der Waals surface area contributed by atoms with Crippen LogP contribution in [0.1, 0.15) is 16.9 Å². The van der Waals surface area contributed by atoms with Crippen molar-refractivity contribution in [3.05, 3.63) is 89.9 Å². The van der Waals surface area contributed by atoms with Crippen LogP contribution in [0.2, 0.25) is 0 Å². The first-order chi connectivity index (χ1) is 10.9. The lowest BCUT2D eigenvalue weighted by molar-refractivity contribution is 0.306. The molecule has 0 bridgehead atoms. The van der Waals surface area contributed by atoms with Crippen LogP contribution in [-0.4, -0.2) is 6.21 Å². The summed E-state index contributed by atoms with van der Waals surface area (Å²) in [5.41, 5.74) is 2.20. The molecule has 110 valence electrons. The summed E-state index contributed by atoms with van der Waals surface area (Å²) < 4.78 is 11.0. The SMILES string of the molecule is C(=N/Cc1ccco1)/c1ccc(OCc2ccccc2)cc1. The van der Waals surface area contributed by atoms with Gasteiger partial charge < -0.3 is 9.15 Å². The van der Waals surface area contributed by atoms with Crippen molar-refractivity contribution < 1.29 is 9.15 Å². The summed E-state index contributed by atoms with van der Waals surface area (Å²) in [6.45, 7) is 1.13. The number of hydrogen-bond donors (Lipinski definition) is 0. The second-order valence-electron chi connectivity index (χ2n) is 4.89. The summed E-state index contributed by atoms with van der Waals surface area (Å²) in [4.78, 5) is 4.35. The van der Waals surface area contributed by atoms with Crippen LogP contribution >= 0.6 is 0 Å². The Morgan fingerprint density at radius 1 is 0.909 bits per heavy atom. The van der Waals surface area contributed by atoms with Crippen LogP contribution in [0.25, 0.3) is 0 Å². The van der Waals surface area contributed by atoms with Gasteiger partial charge in [0.1, 0.15) is 18.1 Å². The maximum atomic E-state index is 5.75. The summed E-state index contributed by atoms with van der Waals surface area (Å²) in [5, 5.41) is 0. The minimum atomic E-state index is 0.555. The zero-order valence-electron chi connectivity index (χ0n) is 12.2. The molecule has 1 aromatic heterocycles. The molecule has 0 amide bonds. The number of furan rings is 1. The second kappa shape index (κ2) is 7.27. The second-order valence-corrected chi connectivity index (χ2v) is 4.89. The van der Waals surface area contributed by atoms with Crippen molar-refractivity contribution in [3.8, 4) is 5.75 Å². The van der Waals surface area contributed by atoms with Gasteiger partial charge in [-0.05, 0) is 47.5 Å². The van der Waals surface area contributed by atoms with Crippen LogP contribution in [-0.2, 0) is 13.2 Å². The molecule has 3 nitrogen and oxygen atoms in total. The largest absolute Gasteiger partial charge is 0.489 e. The highest BCUT2D eigenvalue weighted by atomic mass is 16.5. The standard InChI is InChI=1S/C19H17NO2/c1-2-5-17(6-3-1)15-22-18-10-8-16(9-11-18)13-20-14-19-7-4-12-21-19/h1-13H,14-15H2/b20-13-. The molecule has 0 spiro atoms. The van der Waals surface area contributed by atoms with Crippen LogP contribution < -0.4 is 4.74 Å². The zero-order chi connectivity index (χ0) is 15.0. The van der Waals surface area contributed by atoms with Crippen molar-refractivity contribution in [3.63, 3.8) is 0 Å². The lowest BCUT2D eigenvalue weighted by Gasteiger charge is -2.06. The first-order valence-electron chi connectivity index (χ1n) is 7.19. The van der Waals surface area contributed by atoms with E-state index in [1.54, 1.807) is 6.26 Å². The molecule has 0 unspecified atom stereocenters. The van der Waals surface area contributed by atoms with E-state index >= 15 is 0 Å². The maximum Gasteiger partial charge on any atom is 0.125 e. The predicted octanol–water partition coefficient (Wildman–Crippen LogP) is 4.48. The lowest BCUT2D eigenvalue weighted by Crippen LogP contribution is -1.95. The Morgan fingerprint density at radius 2 is 1.73 bits per heavy atom. The molecule has 0 aliphatic rings. The summed E-state index contributed by atoms with van der Waals surface area (Å²) in [7, 11) is 0. The number of ether oxygens (including phenoxy) is 1. The minimum absolute atomic E-state index is 0.555. The van der Waals surface area contributed by atoms with Crippen molar-refractivity contribution in [2.75, 3.05) is 0 Å². The molecule has 0 radical (unpaired) electrons. The molecular formula is C19H17NO2. The smallest absolute Gasteiger partial charge is 0.125 e. The Kier molecular flexibility index (Phi) is 4.67. The summed E-state index contributed by atoms with van der Waals surface area (Å²) in [6.07, 6.45) is 3.49. The number of aliphatic imine (C=N–C) groups is 1. The molecule has 0 fully saturated rings. The van der Waals surface area contributed by atoms with E-state index in [1.165, 1.54) is 0 Å². The van der Waals surface area contributed by atoms with Gasteiger partial charge >= 0.3 is 0 Å². The Morgan fingerprint density at radius 3 is 2.45 bits per heavy atom. The van der Waals surface area contributed by atoms with E-state index in [1.807, 2.05) is 60.8 Å². The van der Waals surface area contributed by atoms with Crippen LogP contribution in [0.3, 0.4) is 0 Å². The molecule has 2 aromatic carbocycles. The van der Waals surface area contributed by atoms with Crippen LogP contribution in [0, 0.1) is 0 Å². The molecule has 22 heavy (non-hydrogen) atoms. The van der Waals surface area contributed by atoms with Crippen LogP contribution in [0.5, 0.6) is 5.75 Å². The molecule has 3 heteroatoms. The molecule has 0 saturated heterocycles. The van der Waals surface area contributed by atoms with E-state index in [-0.39, 0.29) is 0 Å². The minimum Gasteiger partial charge on any atom is -0.489 e. The van der Waals surface area contributed by atoms with E-state index in [0.29, 0.717) is 13.2 Å². The third kappa shape index (κ3) is 4.09. The molecule has 0 aliphatic carbocycles. The fraction of sp³-hybridized carbons (Fsp3) is 0.105. The van der Waals surface area contributed by atoms with Gasteiger partial charge in [0.25, 0.3) is 0 Å². The average Bonchev–Trinajstić information content (AvgIpc) is 3.08. The highest BCUT2D eigenvalue weighted by Gasteiger charge is 1.96. The summed E-state index contributed by atoms with van der Waals surface area (Å²) >= 11 is 0. The van der Waals surface area contributed by atoms with Gasteiger partial charge in [-0.1, -0.05) is 30.3 Å². The normalized spacial score (nSPS) is 10.9. The molecule has 1 heterocycles. The highest BCUT2D eigenvalue weighted by Crippen LogP contribution is 2.13. The van der Waals surface area contributed by atoms with E-state index in [0.717, 1.165) is 22.6 Å². The van der Waals surface area contributed by atoms with E-state index in [9.17, 15) is 0 Å². The molecule has 0 aliphatic heterocycles. The van der Waals surface area contributed by atoms with E-state index in [2.05, 4.69) is 17.1 Å². The zero-order valence-corrected chi connectivity index (χ0v) is 12.2. The van der Waals surface area contributed by atoms with Crippen LogP contribution in [0.15, 0.2) is 82.4 Å². The molecule has 0 saturated carbocycles.